The van der Waals surface area contributed by atoms with Crippen molar-refractivity contribution >= 4 is 17.2 Å². The molecule has 0 amide bonds. The molecule has 1 aliphatic rings. The minimum Gasteiger partial charge on any atom is -0.264 e. The molecule has 0 N–H and O–H groups in total. The fraction of sp³-hybridized carbons (Fsp3) is 0.214. The predicted molar refractivity (Wildman–Crippen MR) is 72.3 cm³/mol. The Hall–Kier alpha value is -2.01. The Morgan fingerprint density at radius 1 is 1.30 bits per heavy atom. The van der Waals surface area contributed by atoms with E-state index in [2.05, 4.69) is 21.1 Å². The van der Waals surface area contributed by atoms with Gasteiger partial charge in [0.25, 0.3) is 0 Å². The summed E-state index contributed by atoms with van der Waals surface area (Å²) >= 11 is 5.98. The van der Waals surface area contributed by atoms with E-state index in [1.165, 1.54) is 11.8 Å². The Balaban J connectivity index is 1.77. The van der Waals surface area contributed by atoms with E-state index in [1.807, 2.05) is 12.3 Å². The van der Waals surface area contributed by atoms with Crippen LogP contribution in [0.3, 0.4) is 0 Å². The first-order valence-electron chi connectivity index (χ1n) is 6.33. The molecule has 3 aromatic rings. The van der Waals surface area contributed by atoms with Crippen molar-refractivity contribution in [2.24, 2.45) is 0 Å². The average Bonchev–Trinajstić information content (AvgIpc) is 3.18. The van der Waals surface area contributed by atoms with Crippen molar-refractivity contribution in [3.05, 3.63) is 59.0 Å². The lowest BCUT2D eigenvalue weighted by molar-refractivity contribution is 0.548. The molecule has 1 aliphatic carbocycles. The van der Waals surface area contributed by atoms with Crippen molar-refractivity contribution in [1.29, 1.82) is 0 Å². The zero-order chi connectivity index (χ0) is 13.7. The van der Waals surface area contributed by atoms with Gasteiger partial charge in [-0.3, -0.25) is 4.98 Å². The van der Waals surface area contributed by atoms with E-state index in [0.29, 0.717) is 17.5 Å². The fourth-order valence-electron chi connectivity index (χ4n) is 2.71. The molecule has 20 heavy (non-hydrogen) atoms. The zero-order valence-electron chi connectivity index (χ0n) is 10.4. The topological polar surface area (TPSA) is 43.1 Å². The molecular weight excluding hydrogens is 279 g/mol. The van der Waals surface area contributed by atoms with E-state index < -0.39 is 5.95 Å². The molecule has 3 aromatic heterocycles. The Labute approximate surface area is 119 Å². The summed E-state index contributed by atoms with van der Waals surface area (Å²) in [6.45, 7) is 0. The Morgan fingerprint density at radius 2 is 2.20 bits per heavy atom. The first-order chi connectivity index (χ1) is 9.74. The van der Waals surface area contributed by atoms with Crippen LogP contribution in [-0.2, 0) is 0 Å². The third-order valence-corrected chi connectivity index (χ3v) is 3.91. The van der Waals surface area contributed by atoms with Gasteiger partial charge < -0.3 is 0 Å². The first kappa shape index (κ1) is 11.8. The smallest absolute Gasteiger partial charge is 0.234 e. The molecule has 1 fully saturated rings. The molecule has 6 heteroatoms. The molecule has 2 atom stereocenters. The van der Waals surface area contributed by atoms with Gasteiger partial charge in [-0.2, -0.15) is 14.0 Å². The predicted octanol–water partition coefficient (Wildman–Crippen LogP) is 3.19. The monoisotopic (exact) mass is 288 g/mol. The number of aromatic nitrogens is 4. The van der Waals surface area contributed by atoms with Crippen LogP contribution in [0.2, 0.25) is 5.15 Å². The lowest BCUT2D eigenvalue weighted by atomic mass is 10.1. The molecule has 1 unspecified atom stereocenters. The summed E-state index contributed by atoms with van der Waals surface area (Å²) < 4.78 is 14.7. The van der Waals surface area contributed by atoms with Gasteiger partial charge in [-0.15, -0.1) is 0 Å². The molecule has 0 aliphatic heterocycles. The van der Waals surface area contributed by atoms with Gasteiger partial charge >= 0.3 is 0 Å². The van der Waals surface area contributed by atoms with Gasteiger partial charge in [-0.1, -0.05) is 17.7 Å². The Kier molecular flexibility index (Phi) is 2.50. The second-order valence-corrected chi connectivity index (χ2v) is 5.36. The third-order valence-electron chi connectivity index (χ3n) is 3.73. The summed E-state index contributed by atoms with van der Waals surface area (Å²) in [6.07, 6.45) is 5.79. The van der Waals surface area contributed by atoms with Crippen LogP contribution in [0.15, 0.2) is 36.8 Å². The lowest BCUT2D eigenvalue weighted by Crippen LogP contribution is -1.99. The summed E-state index contributed by atoms with van der Waals surface area (Å²) in [7, 11) is 0. The highest BCUT2D eigenvalue weighted by molar-refractivity contribution is 6.29. The highest BCUT2D eigenvalue weighted by atomic mass is 35.5. The second kappa shape index (κ2) is 4.24. The number of imidazole rings is 1. The molecule has 3 heterocycles. The Morgan fingerprint density at radius 3 is 3.00 bits per heavy atom. The molecule has 0 aromatic carbocycles. The highest BCUT2D eigenvalue weighted by Gasteiger charge is 2.41. The van der Waals surface area contributed by atoms with Crippen LogP contribution in [0.4, 0.5) is 4.39 Å². The lowest BCUT2D eigenvalue weighted by Gasteiger charge is -2.04. The molecule has 0 radical (unpaired) electrons. The van der Waals surface area contributed by atoms with Gasteiger partial charge in [0.2, 0.25) is 5.95 Å². The maximum absolute atomic E-state index is 13.6. The zero-order valence-corrected chi connectivity index (χ0v) is 11.1. The maximum Gasteiger partial charge on any atom is 0.234 e. The molecule has 0 bridgehead atoms. The fourth-order valence-corrected chi connectivity index (χ4v) is 2.90. The van der Waals surface area contributed by atoms with Crippen molar-refractivity contribution in [2.75, 3.05) is 0 Å². The van der Waals surface area contributed by atoms with Crippen LogP contribution < -0.4 is 0 Å². The van der Waals surface area contributed by atoms with Gasteiger partial charge in [0.15, 0.2) is 10.8 Å². The molecule has 100 valence electrons. The molecule has 4 rings (SSSR count). The average molecular weight is 289 g/mol. The number of pyridine rings is 1. The van der Waals surface area contributed by atoms with E-state index in [4.69, 9.17) is 11.6 Å². The maximum atomic E-state index is 13.6. The summed E-state index contributed by atoms with van der Waals surface area (Å²) in [6, 6.07) is 5.77. The van der Waals surface area contributed by atoms with Crippen LogP contribution in [-0.4, -0.2) is 19.6 Å². The molecule has 0 spiro atoms. The molecule has 1 saturated carbocycles. The van der Waals surface area contributed by atoms with Gasteiger partial charge in [-0.05, 0) is 36.0 Å². The van der Waals surface area contributed by atoms with Crippen LogP contribution >= 0.6 is 11.6 Å². The van der Waals surface area contributed by atoms with Gasteiger partial charge in [0.1, 0.15) is 0 Å². The first-order valence-corrected chi connectivity index (χ1v) is 6.71. The SMILES string of the molecule is Fc1cnc2c([C@H]3CC3c3cccnc3)cc(Cl)nn12. The number of rotatable bonds is 2. The highest BCUT2D eigenvalue weighted by Crippen LogP contribution is 2.55. The molecular formula is C14H10ClFN4. The summed E-state index contributed by atoms with van der Waals surface area (Å²) in [5.41, 5.74) is 2.68. The van der Waals surface area contributed by atoms with Crippen molar-refractivity contribution in [2.45, 2.75) is 18.3 Å². The van der Waals surface area contributed by atoms with Crippen LogP contribution in [0.25, 0.3) is 5.65 Å². The van der Waals surface area contributed by atoms with Crippen molar-refractivity contribution < 1.29 is 4.39 Å². The summed E-state index contributed by atoms with van der Waals surface area (Å²) in [5.74, 6) is 0.192. The standard InChI is InChI=1S/C14H10ClFN4/c15-12-5-11(14-18-7-13(16)20(14)19-12)10-4-9(10)8-2-1-3-17-6-8/h1-3,5-7,9-10H,4H2/t9?,10-/m0/s1. The van der Waals surface area contributed by atoms with E-state index in [9.17, 15) is 4.39 Å². The van der Waals surface area contributed by atoms with Crippen LogP contribution in [0.5, 0.6) is 0 Å². The van der Waals surface area contributed by atoms with Crippen LogP contribution in [0, 0.1) is 5.95 Å². The molecule has 0 saturated heterocycles. The van der Waals surface area contributed by atoms with Crippen molar-refractivity contribution in [3.63, 3.8) is 0 Å². The van der Waals surface area contributed by atoms with Crippen molar-refractivity contribution in [1.82, 2.24) is 19.6 Å². The number of halogens is 2. The second-order valence-electron chi connectivity index (χ2n) is 4.97. The van der Waals surface area contributed by atoms with Crippen molar-refractivity contribution in [3.8, 4) is 0 Å². The molecule has 4 nitrogen and oxygen atoms in total. The van der Waals surface area contributed by atoms with Crippen LogP contribution in [0.1, 0.15) is 29.4 Å². The normalized spacial score (nSPS) is 21.3. The van der Waals surface area contributed by atoms with Gasteiger partial charge in [-0.25, -0.2) is 4.98 Å². The Bertz CT molecular complexity index is 786. The van der Waals surface area contributed by atoms with Gasteiger partial charge in [0, 0.05) is 18.0 Å². The minimum absolute atomic E-state index is 0.279. The van der Waals surface area contributed by atoms with Gasteiger partial charge in [0.05, 0.1) is 6.20 Å². The minimum atomic E-state index is -0.498. The summed E-state index contributed by atoms with van der Waals surface area (Å²) in [4.78, 5) is 8.24. The van der Waals surface area contributed by atoms with E-state index >= 15 is 0 Å². The quantitative estimate of drug-likeness (QED) is 0.727. The summed E-state index contributed by atoms with van der Waals surface area (Å²) in [5, 5.41) is 4.21. The van der Waals surface area contributed by atoms with E-state index in [0.717, 1.165) is 16.5 Å². The van der Waals surface area contributed by atoms with E-state index in [-0.39, 0.29) is 5.15 Å². The number of hydrogen-bond donors (Lipinski definition) is 0. The number of fused-ring (bicyclic) bond motifs is 1. The third kappa shape index (κ3) is 1.78. The van der Waals surface area contributed by atoms with E-state index in [1.54, 1.807) is 12.3 Å². The number of hydrogen-bond acceptors (Lipinski definition) is 3. The number of nitrogens with zero attached hydrogens (tertiary/aromatic N) is 4. The largest absolute Gasteiger partial charge is 0.264 e.